The number of nitrogens with zero attached hydrogens (tertiary/aromatic N) is 4. The highest BCUT2D eigenvalue weighted by Crippen LogP contribution is 2.37. The Morgan fingerprint density at radius 1 is 1.08 bits per heavy atom. The van der Waals surface area contributed by atoms with Gasteiger partial charge in [0.1, 0.15) is 17.6 Å². The van der Waals surface area contributed by atoms with Gasteiger partial charge in [-0.15, -0.1) is 0 Å². The van der Waals surface area contributed by atoms with E-state index in [-0.39, 0.29) is 18.4 Å². The molecule has 3 amide bonds. The van der Waals surface area contributed by atoms with Crippen LogP contribution in [0.1, 0.15) is 84.3 Å². The minimum atomic E-state index is -0.727. The molecule has 1 saturated carbocycles. The number of hydrogen-bond donors (Lipinski definition) is 3. The number of fused-ring (bicyclic) bond motifs is 3. The molecular formula is C42H53N7O4. The monoisotopic (exact) mass is 719 g/mol. The van der Waals surface area contributed by atoms with E-state index >= 15 is 0 Å². The minimum absolute atomic E-state index is 0.128. The number of rotatable bonds is 10. The average Bonchev–Trinajstić information content (AvgIpc) is 3.99. The van der Waals surface area contributed by atoms with Crippen molar-refractivity contribution in [1.29, 1.82) is 0 Å². The van der Waals surface area contributed by atoms with Gasteiger partial charge >= 0.3 is 6.09 Å². The number of imidazole rings is 2. The van der Waals surface area contributed by atoms with Crippen LogP contribution in [-0.2, 0) is 20.9 Å². The summed E-state index contributed by atoms with van der Waals surface area (Å²) in [5, 5.41) is 4.87. The molecule has 4 aromatic rings. The molecule has 2 aromatic carbocycles. The summed E-state index contributed by atoms with van der Waals surface area (Å²) in [5.41, 5.74) is 4.60. The first-order valence-electron chi connectivity index (χ1n) is 18.6. The van der Waals surface area contributed by atoms with Crippen LogP contribution >= 0.6 is 0 Å². The molecular weight excluding hydrogens is 667 g/mol. The highest BCUT2D eigenvalue weighted by Gasteiger charge is 2.40. The molecule has 1 saturated heterocycles. The number of aromatic amines is 2. The molecule has 11 nitrogen and oxygen atoms in total. The SMILES string of the molecule is C/C=C(/C)CN(Cc1ncc(C#Cc2ccc3cc(-c4cnc[nH]4)ccc3c2)[nH]1)C(=O)C(NC(=O)OC)C(C)C.CC(C)CC(=O)N1C[C@@H]2CC[C@H]1C2. The van der Waals surface area contributed by atoms with Gasteiger partial charge < -0.3 is 29.8 Å². The lowest BCUT2D eigenvalue weighted by Gasteiger charge is -2.29. The molecule has 53 heavy (non-hydrogen) atoms. The van der Waals surface area contributed by atoms with Crippen LogP contribution in [0.4, 0.5) is 4.79 Å². The lowest BCUT2D eigenvalue weighted by atomic mass is 10.0. The zero-order chi connectivity index (χ0) is 38.1. The van der Waals surface area contributed by atoms with Gasteiger partial charge in [-0.05, 0) is 85.8 Å². The summed E-state index contributed by atoms with van der Waals surface area (Å²) in [6, 6.07) is 12.2. The summed E-state index contributed by atoms with van der Waals surface area (Å²) in [4.78, 5) is 55.8. The predicted molar refractivity (Wildman–Crippen MR) is 207 cm³/mol. The Labute approximate surface area is 313 Å². The van der Waals surface area contributed by atoms with Crippen molar-refractivity contribution in [3.8, 4) is 23.1 Å². The van der Waals surface area contributed by atoms with Gasteiger partial charge in [0.25, 0.3) is 0 Å². The van der Waals surface area contributed by atoms with E-state index < -0.39 is 12.1 Å². The van der Waals surface area contributed by atoms with E-state index in [1.807, 2.05) is 39.8 Å². The van der Waals surface area contributed by atoms with Crippen molar-refractivity contribution in [3.63, 3.8) is 0 Å². The minimum Gasteiger partial charge on any atom is -0.453 e. The normalized spacial score (nSPS) is 16.9. The molecule has 1 aliphatic heterocycles. The number of carbonyl (C=O) groups excluding carboxylic acids is 3. The molecule has 3 heterocycles. The van der Waals surface area contributed by atoms with E-state index in [1.165, 1.54) is 26.4 Å². The molecule has 280 valence electrons. The molecule has 6 rings (SSSR count). The number of hydrogen-bond acceptors (Lipinski definition) is 6. The Balaban J connectivity index is 0.000000347. The molecule has 3 N–H and O–H groups in total. The van der Waals surface area contributed by atoms with Gasteiger partial charge in [0, 0.05) is 36.7 Å². The van der Waals surface area contributed by atoms with Crippen molar-refractivity contribution >= 4 is 28.7 Å². The molecule has 0 radical (unpaired) electrons. The fourth-order valence-corrected chi connectivity index (χ4v) is 6.93. The van der Waals surface area contributed by atoms with Crippen LogP contribution in [0.15, 0.2) is 66.8 Å². The highest BCUT2D eigenvalue weighted by molar-refractivity contribution is 5.88. The van der Waals surface area contributed by atoms with Crippen LogP contribution in [0.2, 0.25) is 0 Å². The quantitative estimate of drug-likeness (QED) is 0.119. The van der Waals surface area contributed by atoms with Gasteiger partial charge in [0.15, 0.2) is 0 Å². The van der Waals surface area contributed by atoms with Crippen molar-refractivity contribution < 1.29 is 19.1 Å². The number of methoxy groups -OCH3 is 1. The number of benzene rings is 2. The number of ether oxygens (including phenoxy) is 1. The van der Waals surface area contributed by atoms with Crippen LogP contribution in [0.25, 0.3) is 22.0 Å². The molecule has 2 aliphatic rings. The number of carbonyl (C=O) groups is 3. The summed E-state index contributed by atoms with van der Waals surface area (Å²) in [7, 11) is 1.28. The maximum Gasteiger partial charge on any atom is 0.407 e. The number of nitrogens with one attached hydrogen (secondary N) is 3. The highest BCUT2D eigenvalue weighted by atomic mass is 16.5. The Hall–Kier alpha value is -5.37. The number of piperidine rings is 1. The van der Waals surface area contributed by atoms with Crippen LogP contribution in [0.3, 0.4) is 0 Å². The third-order valence-corrected chi connectivity index (χ3v) is 9.91. The molecule has 1 aliphatic carbocycles. The Morgan fingerprint density at radius 2 is 1.85 bits per heavy atom. The van der Waals surface area contributed by atoms with Crippen LogP contribution in [0, 0.1) is 29.6 Å². The zero-order valence-corrected chi connectivity index (χ0v) is 32.0. The van der Waals surface area contributed by atoms with E-state index in [1.54, 1.807) is 23.6 Å². The Morgan fingerprint density at radius 3 is 2.49 bits per heavy atom. The second kappa shape index (κ2) is 17.9. The standard InChI is InChI=1S/C31H34N6O3.C11H19NO/c1-6-21(4)17-37(30(38)29(20(2)3)36-31(39)40-5)18-28-33-15-26(35-28)12-8-22-7-9-24-14-25(11-10-23(24)13-22)27-16-32-19-34-27;1-8(2)5-11(13)12-7-9-3-4-10(12)6-9/h6-7,9-11,13-16,19-20,29H,17-18H2,1-5H3,(H,32,34)(H,33,35)(H,36,39);8-10H,3-7H2,1-2H3/b21-6-;/t;9-,10+/m.1/s1. The number of aromatic nitrogens is 4. The molecule has 11 heteroatoms. The number of allylic oxidation sites excluding steroid dienone is 1. The predicted octanol–water partition coefficient (Wildman–Crippen LogP) is 7.07. The van der Waals surface area contributed by atoms with Crippen molar-refractivity contribution in [2.45, 2.75) is 85.9 Å². The van der Waals surface area contributed by atoms with Gasteiger partial charge in [-0.1, -0.05) is 63.5 Å². The van der Waals surface area contributed by atoms with Crippen molar-refractivity contribution in [2.24, 2.45) is 17.8 Å². The molecule has 2 bridgehead atoms. The van der Waals surface area contributed by atoms with Gasteiger partial charge in [-0.25, -0.2) is 14.8 Å². The Bertz CT molecular complexity index is 1970. The topological polar surface area (TPSA) is 136 Å². The second-order valence-electron chi connectivity index (χ2n) is 14.9. The van der Waals surface area contributed by atoms with Crippen LogP contribution in [-0.4, -0.2) is 79.9 Å². The van der Waals surface area contributed by atoms with Crippen LogP contribution < -0.4 is 5.32 Å². The smallest absolute Gasteiger partial charge is 0.407 e. The van der Waals surface area contributed by atoms with Crippen molar-refractivity contribution in [3.05, 3.63) is 83.9 Å². The molecule has 2 fully saturated rings. The fourth-order valence-electron chi connectivity index (χ4n) is 6.93. The van der Waals surface area contributed by atoms with E-state index in [0.29, 0.717) is 35.9 Å². The van der Waals surface area contributed by atoms with Crippen LogP contribution in [0.5, 0.6) is 0 Å². The lowest BCUT2D eigenvalue weighted by Crippen LogP contribution is -2.51. The third kappa shape index (κ3) is 10.4. The summed E-state index contributed by atoms with van der Waals surface area (Å²) in [6.45, 7) is 13.6. The van der Waals surface area contributed by atoms with E-state index in [9.17, 15) is 14.4 Å². The first kappa shape index (κ1) is 38.9. The molecule has 1 unspecified atom stereocenters. The molecule has 3 atom stereocenters. The summed E-state index contributed by atoms with van der Waals surface area (Å²) in [6.07, 6.45) is 11.1. The largest absolute Gasteiger partial charge is 0.453 e. The molecule has 0 spiro atoms. The number of H-pyrrole nitrogens is 2. The first-order valence-corrected chi connectivity index (χ1v) is 18.6. The summed E-state index contributed by atoms with van der Waals surface area (Å²) < 4.78 is 4.72. The van der Waals surface area contributed by atoms with Gasteiger partial charge in [-0.2, -0.15) is 0 Å². The number of amides is 3. The number of likely N-dealkylation sites (tertiary alicyclic amines) is 1. The zero-order valence-electron chi connectivity index (χ0n) is 32.0. The first-order chi connectivity index (χ1) is 25.4. The van der Waals surface area contributed by atoms with E-state index in [4.69, 9.17) is 4.74 Å². The van der Waals surface area contributed by atoms with Crippen molar-refractivity contribution in [2.75, 3.05) is 20.2 Å². The fraction of sp³-hybridized carbons (Fsp3) is 0.452. The second-order valence-corrected chi connectivity index (χ2v) is 14.9. The van der Waals surface area contributed by atoms with Crippen molar-refractivity contribution in [1.82, 2.24) is 35.1 Å². The lowest BCUT2D eigenvalue weighted by molar-refractivity contribution is -0.135. The third-order valence-electron chi connectivity index (χ3n) is 9.91. The van der Waals surface area contributed by atoms with E-state index in [2.05, 4.69) is 86.2 Å². The van der Waals surface area contributed by atoms with Gasteiger partial charge in [0.05, 0.1) is 38.1 Å². The maximum absolute atomic E-state index is 13.5. The van der Waals surface area contributed by atoms with Gasteiger partial charge in [-0.3, -0.25) is 9.59 Å². The summed E-state index contributed by atoms with van der Waals surface area (Å²) >= 11 is 0. The van der Waals surface area contributed by atoms with E-state index in [0.717, 1.165) is 52.0 Å². The summed E-state index contributed by atoms with van der Waals surface area (Å²) in [5.74, 6) is 8.33. The average molecular weight is 720 g/mol. The molecule has 2 aromatic heterocycles. The maximum atomic E-state index is 13.5. The van der Waals surface area contributed by atoms with Gasteiger partial charge in [0.2, 0.25) is 11.8 Å². The Kier molecular flexibility index (Phi) is 13.1. The number of alkyl carbamates (subject to hydrolysis) is 1.